The van der Waals surface area contributed by atoms with Crippen LogP contribution < -0.4 is 10.1 Å². The number of ether oxygens (including phenoxy) is 1. The molecule has 150 valence electrons. The highest BCUT2D eigenvalue weighted by Crippen LogP contribution is 2.18. The van der Waals surface area contributed by atoms with Gasteiger partial charge in [-0.3, -0.25) is 9.59 Å². The van der Waals surface area contributed by atoms with Gasteiger partial charge in [-0.25, -0.2) is 0 Å². The minimum absolute atomic E-state index is 0.139. The average molecular weight is 403 g/mol. The Labute approximate surface area is 171 Å². The van der Waals surface area contributed by atoms with E-state index in [-0.39, 0.29) is 18.4 Å². The second-order valence-corrected chi connectivity index (χ2v) is 7.19. The summed E-state index contributed by atoms with van der Waals surface area (Å²) in [6.07, 6.45) is 0. The van der Waals surface area contributed by atoms with Crippen molar-refractivity contribution in [3.63, 3.8) is 0 Å². The molecule has 6 heteroatoms. The van der Waals surface area contributed by atoms with Crippen molar-refractivity contribution in [1.29, 1.82) is 0 Å². The van der Waals surface area contributed by atoms with Gasteiger partial charge in [0.15, 0.2) is 6.61 Å². The fraction of sp³-hybridized carbons (Fsp3) is 0.364. The van der Waals surface area contributed by atoms with Gasteiger partial charge in [0, 0.05) is 18.1 Å². The predicted octanol–water partition coefficient (Wildman–Crippen LogP) is 3.89. The van der Waals surface area contributed by atoms with Crippen LogP contribution in [0.1, 0.15) is 30.5 Å². The van der Waals surface area contributed by atoms with E-state index in [2.05, 4.69) is 5.32 Å². The minimum atomic E-state index is -0.619. The van der Waals surface area contributed by atoms with Crippen molar-refractivity contribution in [1.82, 2.24) is 10.2 Å². The molecule has 0 heterocycles. The summed E-state index contributed by atoms with van der Waals surface area (Å²) in [5.41, 5.74) is 3.15. The first kappa shape index (κ1) is 21.8. The number of likely N-dealkylation sites (N-methyl/N-ethyl adjacent to an activating group) is 1. The Hall–Kier alpha value is -2.53. The molecule has 2 amide bonds. The number of rotatable bonds is 8. The van der Waals surface area contributed by atoms with Gasteiger partial charge in [-0.15, -0.1) is 0 Å². The molecule has 0 saturated carbocycles. The third-order valence-corrected chi connectivity index (χ3v) is 4.88. The van der Waals surface area contributed by atoms with Crippen LogP contribution in [-0.4, -0.2) is 35.9 Å². The molecule has 1 unspecified atom stereocenters. The zero-order valence-corrected chi connectivity index (χ0v) is 17.5. The third kappa shape index (κ3) is 5.99. The smallest absolute Gasteiger partial charge is 0.261 e. The topological polar surface area (TPSA) is 58.6 Å². The van der Waals surface area contributed by atoms with Gasteiger partial charge >= 0.3 is 0 Å². The second-order valence-electron chi connectivity index (χ2n) is 6.75. The van der Waals surface area contributed by atoms with Gasteiger partial charge in [0.2, 0.25) is 5.91 Å². The van der Waals surface area contributed by atoms with Crippen LogP contribution in [0, 0.1) is 13.8 Å². The van der Waals surface area contributed by atoms with E-state index in [1.807, 2.05) is 51.1 Å². The fourth-order valence-electron chi connectivity index (χ4n) is 2.72. The summed E-state index contributed by atoms with van der Waals surface area (Å²) in [7, 11) is 0. The molecule has 0 bridgehead atoms. The Kier molecular flexibility index (Phi) is 7.88. The Balaban J connectivity index is 2.13. The van der Waals surface area contributed by atoms with Crippen molar-refractivity contribution < 1.29 is 14.3 Å². The molecule has 1 atom stereocenters. The van der Waals surface area contributed by atoms with Crippen LogP contribution in [-0.2, 0) is 16.1 Å². The van der Waals surface area contributed by atoms with Crippen LogP contribution >= 0.6 is 11.6 Å². The lowest BCUT2D eigenvalue weighted by molar-refractivity contribution is -0.142. The van der Waals surface area contributed by atoms with Gasteiger partial charge in [-0.2, -0.15) is 0 Å². The maximum absolute atomic E-state index is 12.9. The molecular formula is C22H27ClN2O3. The second kappa shape index (κ2) is 10.1. The normalized spacial score (nSPS) is 11.6. The van der Waals surface area contributed by atoms with E-state index in [1.165, 1.54) is 4.90 Å². The maximum atomic E-state index is 12.9. The van der Waals surface area contributed by atoms with Crippen LogP contribution in [0.25, 0.3) is 0 Å². The molecule has 28 heavy (non-hydrogen) atoms. The molecule has 2 aromatic carbocycles. The van der Waals surface area contributed by atoms with Gasteiger partial charge in [0.1, 0.15) is 11.8 Å². The standard InChI is InChI=1S/C22H27ClN2O3/c1-5-24-22(27)17(4)25(13-18-7-9-19(23)10-8-18)21(26)14-28-20-11-6-15(2)16(3)12-20/h6-12,17H,5,13-14H2,1-4H3,(H,24,27). The average Bonchev–Trinajstić information content (AvgIpc) is 2.68. The minimum Gasteiger partial charge on any atom is -0.484 e. The zero-order valence-electron chi connectivity index (χ0n) is 16.8. The maximum Gasteiger partial charge on any atom is 0.261 e. The molecule has 5 nitrogen and oxygen atoms in total. The Morgan fingerprint density at radius 3 is 2.39 bits per heavy atom. The van der Waals surface area contributed by atoms with Crippen molar-refractivity contribution in [2.75, 3.05) is 13.2 Å². The lowest BCUT2D eigenvalue weighted by Crippen LogP contribution is -2.49. The summed E-state index contributed by atoms with van der Waals surface area (Å²) in [4.78, 5) is 26.7. The largest absolute Gasteiger partial charge is 0.484 e. The summed E-state index contributed by atoms with van der Waals surface area (Å²) < 4.78 is 5.69. The van der Waals surface area contributed by atoms with E-state index >= 15 is 0 Å². The van der Waals surface area contributed by atoms with E-state index in [0.29, 0.717) is 23.9 Å². The monoisotopic (exact) mass is 402 g/mol. The van der Waals surface area contributed by atoms with Gasteiger partial charge in [-0.05, 0) is 68.7 Å². The first-order valence-corrected chi connectivity index (χ1v) is 9.71. The van der Waals surface area contributed by atoms with Gasteiger partial charge in [0.25, 0.3) is 5.91 Å². The Bertz CT molecular complexity index is 821. The summed E-state index contributed by atoms with van der Waals surface area (Å²) in [5.74, 6) is 0.177. The molecule has 0 saturated heterocycles. The van der Waals surface area contributed by atoms with Crippen LogP contribution in [0.4, 0.5) is 0 Å². The highest BCUT2D eigenvalue weighted by Gasteiger charge is 2.26. The molecule has 1 N–H and O–H groups in total. The summed E-state index contributed by atoms with van der Waals surface area (Å²) in [5, 5.41) is 3.39. The molecule has 0 spiro atoms. The molecule has 0 aliphatic rings. The lowest BCUT2D eigenvalue weighted by Gasteiger charge is -2.28. The van der Waals surface area contributed by atoms with E-state index in [1.54, 1.807) is 19.1 Å². The van der Waals surface area contributed by atoms with Crippen molar-refractivity contribution in [3.8, 4) is 5.75 Å². The van der Waals surface area contributed by atoms with Crippen LogP contribution in [0.15, 0.2) is 42.5 Å². The number of benzene rings is 2. The summed E-state index contributed by atoms with van der Waals surface area (Å²) in [6, 6.07) is 12.3. The van der Waals surface area contributed by atoms with Crippen molar-refractivity contribution in [3.05, 3.63) is 64.2 Å². The predicted molar refractivity (Wildman–Crippen MR) is 112 cm³/mol. The number of aryl methyl sites for hydroxylation is 2. The van der Waals surface area contributed by atoms with Gasteiger partial charge < -0.3 is 15.0 Å². The number of amides is 2. The van der Waals surface area contributed by atoms with Crippen LogP contribution in [0.5, 0.6) is 5.75 Å². The zero-order chi connectivity index (χ0) is 20.7. The SMILES string of the molecule is CCNC(=O)C(C)N(Cc1ccc(Cl)cc1)C(=O)COc1ccc(C)c(C)c1. The number of halogens is 1. The fourth-order valence-corrected chi connectivity index (χ4v) is 2.85. The quantitative estimate of drug-likeness (QED) is 0.728. The number of nitrogens with zero attached hydrogens (tertiary/aromatic N) is 1. The summed E-state index contributed by atoms with van der Waals surface area (Å²) >= 11 is 5.94. The van der Waals surface area contributed by atoms with E-state index in [0.717, 1.165) is 16.7 Å². The van der Waals surface area contributed by atoms with Crippen molar-refractivity contribution >= 4 is 23.4 Å². The molecular weight excluding hydrogens is 376 g/mol. The number of hydrogen-bond donors (Lipinski definition) is 1. The molecule has 0 radical (unpaired) electrons. The van der Waals surface area contributed by atoms with Gasteiger partial charge in [-0.1, -0.05) is 29.8 Å². The highest BCUT2D eigenvalue weighted by molar-refractivity contribution is 6.30. The first-order chi connectivity index (χ1) is 13.3. The molecule has 0 aromatic heterocycles. The van der Waals surface area contributed by atoms with Crippen molar-refractivity contribution in [2.45, 2.75) is 40.3 Å². The number of carbonyl (C=O) groups excluding carboxylic acids is 2. The van der Waals surface area contributed by atoms with Crippen molar-refractivity contribution in [2.24, 2.45) is 0 Å². The Morgan fingerprint density at radius 1 is 1.11 bits per heavy atom. The number of carbonyl (C=O) groups is 2. The molecule has 2 rings (SSSR count). The molecule has 0 aliphatic heterocycles. The first-order valence-electron chi connectivity index (χ1n) is 9.33. The number of nitrogens with one attached hydrogen (secondary N) is 1. The lowest BCUT2D eigenvalue weighted by atomic mass is 10.1. The van der Waals surface area contributed by atoms with Crippen LogP contribution in [0.2, 0.25) is 5.02 Å². The highest BCUT2D eigenvalue weighted by atomic mass is 35.5. The summed E-state index contributed by atoms with van der Waals surface area (Å²) in [6.45, 7) is 8.24. The number of hydrogen-bond acceptors (Lipinski definition) is 3. The van der Waals surface area contributed by atoms with Gasteiger partial charge in [0.05, 0.1) is 0 Å². The van der Waals surface area contributed by atoms with Crippen LogP contribution in [0.3, 0.4) is 0 Å². The third-order valence-electron chi connectivity index (χ3n) is 4.63. The van der Waals surface area contributed by atoms with E-state index in [9.17, 15) is 9.59 Å². The molecule has 0 fully saturated rings. The van der Waals surface area contributed by atoms with E-state index in [4.69, 9.17) is 16.3 Å². The molecule has 2 aromatic rings. The molecule has 0 aliphatic carbocycles. The Morgan fingerprint density at radius 2 is 1.79 bits per heavy atom. The van der Waals surface area contributed by atoms with E-state index < -0.39 is 6.04 Å².